The average molecular weight is 408 g/mol. The van der Waals surface area contributed by atoms with Crippen LogP contribution >= 0.6 is 11.6 Å². The largest absolute Gasteiger partial charge is 0.354 e. The number of hydrogen-bond acceptors (Lipinski definition) is 4. The molecule has 150 valence electrons. The maximum absolute atomic E-state index is 14.1. The minimum atomic E-state index is -0.667. The molecule has 3 rings (SSSR count). The third kappa shape index (κ3) is 4.88. The molecular formula is C19H23ClFN5O2. The van der Waals surface area contributed by atoms with Crippen LogP contribution in [0.1, 0.15) is 17.8 Å². The van der Waals surface area contributed by atoms with Crippen molar-refractivity contribution in [1.29, 1.82) is 0 Å². The molecule has 0 bridgehead atoms. The number of rotatable bonds is 7. The van der Waals surface area contributed by atoms with Gasteiger partial charge in [0.25, 0.3) is 0 Å². The number of carbonyl (C=O) groups is 2. The van der Waals surface area contributed by atoms with E-state index in [-0.39, 0.29) is 24.8 Å². The fraction of sp³-hybridized carbons (Fsp3) is 0.421. The number of carbonyl (C=O) groups excluding carboxylic acids is 2. The van der Waals surface area contributed by atoms with E-state index in [1.54, 1.807) is 17.2 Å². The summed E-state index contributed by atoms with van der Waals surface area (Å²) in [6, 6.07) is 3.82. The van der Waals surface area contributed by atoms with Gasteiger partial charge in [-0.05, 0) is 19.1 Å². The predicted octanol–water partition coefficient (Wildman–Crippen LogP) is 1.49. The number of benzene rings is 1. The van der Waals surface area contributed by atoms with Gasteiger partial charge >= 0.3 is 0 Å². The summed E-state index contributed by atoms with van der Waals surface area (Å²) in [5.74, 6) is -0.0185. The monoisotopic (exact) mass is 407 g/mol. The maximum Gasteiger partial charge on any atom is 0.237 e. The molecule has 9 heteroatoms. The Bertz CT molecular complexity index is 836. The van der Waals surface area contributed by atoms with E-state index in [1.807, 2.05) is 17.7 Å². The van der Waals surface area contributed by atoms with Crippen molar-refractivity contribution in [3.8, 4) is 0 Å². The van der Waals surface area contributed by atoms with E-state index in [2.05, 4.69) is 15.6 Å². The van der Waals surface area contributed by atoms with Gasteiger partial charge in [0.05, 0.1) is 12.5 Å². The summed E-state index contributed by atoms with van der Waals surface area (Å²) in [6.45, 7) is 4.06. The van der Waals surface area contributed by atoms with Crippen LogP contribution in [0.4, 0.5) is 4.39 Å². The van der Waals surface area contributed by atoms with Gasteiger partial charge in [0, 0.05) is 55.7 Å². The molecule has 0 aliphatic carbocycles. The van der Waals surface area contributed by atoms with Gasteiger partial charge in [-0.15, -0.1) is 0 Å². The van der Waals surface area contributed by atoms with Gasteiger partial charge in [-0.2, -0.15) is 0 Å². The molecule has 7 nitrogen and oxygen atoms in total. The first kappa shape index (κ1) is 20.3. The summed E-state index contributed by atoms with van der Waals surface area (Å²) in [5, 5.41) is 5.91. The Morgan fingerprint density at radius 3 is 3.00 bits per heavy atom. The second kappa shape index (κ2) is 9.16. The Morgan fingerprint density at radius 2 is 2.29 bits per heavy atom. The number of aryl methyl sites for hydroxylation is 1. The molecule has 0 radical (unpaired) electrons. The number of piperazine rings is 1. The molecule has 2 aromatic rings. The van der Waals surface area contributed by atoms with Crippen molar-refractivity contribution >= 4 is 23.4 Å². The summed E-state index contributed by atoms with van der Waals surface area (Å²) in [4.78, 5) is 30.6. The van der Waals surface area contributed by atoms with Crippen molar-refractivity contribution in [1.82, 2.24) is 25.1 Å². The van der Waals surface area contributed by atoms with Crippen LogP contribution in [0.15, 0.2) is 30.6 Å². The van der Waals surface area contributed by atoms with E-state index in [9.17, 15) is 14.0 Å². The second-order valence-corrected chi connectivity index (χ2v) is 7.11. The van der Waals surface area contributed by atoms with Gasteiger partial charge in [-0.3, -0.25) is 14.5 Å². The standard InChI is InChI=1S/C19H23ClFN5O2/c1-13-22-5-8-25(13)9-6-23-18(27)11-17-19(28)24-7-10-26(17)12-14-15(20)3-2-4-16(14)21/h2-5,8,17H,6-7,9-12H2,1H3,(H,23,27)(H,24,28)/t17-/m1/s1. The average Bonchev–Trinajstić information content (AvgIpc) is 3.06. The third-order valence-electron chi connectivity index (χ3n) is 4.84. The Labute approximate surface area is 167 Å². The SMILES string of the molecule is Cc1nccn1CCNC(=O)C[C@@H]1C(=O)NCCN1Cc1c(F)cccc1Cl. The maximum atomic E-state index is 14.1. The zero-order valence-electron chi connectivity index (χ0n) is 15.6. The number of nitrogens with one attached hydrogen (secondary N) is 2. The van der Waals surface area contributed by atoms with E-state index in [1.165, 1.54) is 12.1 Å². The molecule has 2 heterocycles. The van der Waals surface area contributed by atoms with E-state index in [0.29, 0.717) is 36.8 Å². The van der Waals surface area contributed by atoms with E-state index in [0.717, 1.165) is 5.82 Å². The van der Waals surface area contributed by atoms with Crippen LogP contribution in [-0.2, 0) is 22.7 Å². The van der Waals surface area contributed by atoms with Crippen molar-refractivity contribution in [3.63, 3.8) is 0 Å². The zero-order valence-corrected chi connectivity index (χ0v) is 16.4. The highest BCUT2D eigenvalue weighted by Crippen LogP contribution is 2.23. The lowest BCUT2D eigenvalue weighted by molar-refractivity contribution is -0.134. The second-order valence-electron chi connectivity index (χ2n) is 6.70. The first-order valence-electron chi connectivity index (χ1n) is 9.15. The fourth-order valence-electron chi connectivity index (χ4n) is 3.26. The molecule has 2 N–H and O–H groups in total. The van der Waals surface area contributed by atoms with Crippen LogP contribution < -0.4 is 10.6 Å². The van der Waals surface area contributed by atoms with Crippen LogP contribution in [0.5, 0.6) is 0 Å². The molecule has 1 atom stereocenters. The minimum Gasteiger partial charge on any atom is -0.354 e. The van der Waals surface area contributed by atoms with Crippen LogP contribution in [0.25, 0.3) is 0 Å². The molecule has 1 fully saturated rings. The van der Waals surface area contributed by atoms with Gasteiger partial charge in [0.1, 0.15) is 11.6 Å². The molecular weight excluding hydrogens is 385 g/mol. The summed E-state index contributed by atoms with van der Waals surface area (Å²) < 4.78 is 16.1. The number of hydrogen-bond donors (Lipinski definition) is 2. The third-order valence-corrected chi connectivity index (χ3v) is 5.20. The van der Waals surface area contributed by atoms with E-state index >= 15 is 0 Å². The molecule has 1 aromatic heterocycles. The molecule has 1 aliphatic rings. The summed E-state index contributed by atoms with van der Waals surface area (Å²) in [7, 11) is 0. The van der Waals surface area contributed by atoms with Crippen LogP contribution in [0.2, 0.25) is 5.02 Å². The predicted molar refractivity (Wildman–Crippen MR) is 103 cm³/mol. The normalized spacial score (nSPS) is 17.4. The van der Waals surface area contributed by atoms with Crippen LogP contribution in [0.3, 0.4) is 0 Å². The number of imidazole rings is 1. The van der Waals surface area contributed by atoms with Crippen LogP contribution in [-0.4, -0.2) is 51.9 Å². The molecule has 0 unspecified atom stereocenters. The lowest BCUT2D eigenvalue weighted by Gasteiger charge is -2.35. The first-order valence-corrected chi connectivity index (χ1v) is 9.52. The lowest BCUT2D eigenvalue weighted by Crippen LogP contribution is -2.56. The van der Waals surface area contributed by atoms with Crippen molar-refractivity contribution in [2.24, 2.45) is 0 Å². The van der Waals surface area contributed by atoms with Crippen molar-refractivity contribution in [2.45, 2.75) is 32.5 Å². The number of halogens is 2. The quantitative estimate of drug-likeness (QED) is 0.729. The van der Waals surface area contributed by atoms with Gasteiger partial charge < -0.3 is 15.2 Å². The smallest absolute Gasteiger partial charge is 0.237 e. The number of aromatic nitrogens is 2. The summed E-state index contributed by atoms with van der Waals surface area (Å²) >= 11 is 6.11. The Morgan fingerprint density at radius 1 is 1.46 bits per heavy atom. The van der Waals surface area contributed by atoms with Gasteiger partial charge in [0.15, 0.2) is 0 Å². The Kier molecular flexibility index (Phi) is 6.64. The van der Waals surface area contributed by atoms with Crippen molar-refractivity contribution < 1.29 is 14.0 Å². The Hall–Kier alpha value is -2.45. The highest BCUT2D eigenvalue weighted by atomic mass is 35.5. The highest BCUT2D eigenvalue weighted by molar-refractivity contribution is 6.31. The molecule has 0 saturated carbocycles. The lowest BCUT2D eigenvalue weighted by atomic mass is 10.1. The van der Waals surface area contributed by atoms with E-state index < -0.39 is 11.9 Å². The fourth-order valence-corrected chi connectivity index (χ4v) is 3.49. The van der Waals surface area contributed by atoms with Gasteiger partial charge in [-0.1, -0.05) is 17.7 Å². The molecule has 1 aromatic carbocycles. The van der Waals surface area contributed by atoms with Crippen molar-refractivity contribution in [2.75, 3.05) is 19.6 Å². The first-order chi connectivity index (χ1) is 13.5. The molecule has 1 saturated heterocycles. The number of nitrogens with zero attached hydrogens (tertiary/aromatic N) is 3. The number of amides is 2. The topological polar surface area (TPSA) is 79.3 Å². The molecule has 0 spiro atoms. The zero-order chi connectivity index (χ0) is 20.1. The van der Waals surface area contributed by atoms with Crippen LogP contribution in [0, 0.1) is 12.7 Å². The van der Waals surface area contributed by atoms with Gasteiger partial charge in [0.2, 0.25) is 11.8 Å². The van der Waals surface area contributed by atoms with E-state index in [4.69, 9.17) is 11.6 Å². The highest BCUT2D eigenvalue weighted by Gasteiger charge is 2.32. The molecule has 1 aliphatic heterocycles. The molecule has 2 amide bonds. The summed E-state index contributed by atoms with van der Waals surface area (Å²) in [5.41, 5.74) is 0.333. The van der Waals surface area contributed by atoms with Gasteiger partial charge in [-0.25, -0.2) is 9.37 Å². The molecule has 28 heavy (non-hydrogen) atoms. The minimum absolute atomic E-state index is 0.000809. The summed E-state index contributed by atoms with van der Waals surface area (Å²) in [6.07, 6.45) is 3.55. The van der Waals surface area contributed by atoms with Crippen molar-refractivity contribution in [3.05, 3.63) is 52.8 Å². The Balaban J connectivity index is 1.60.